The molecule has 2 unspecified atom stereocenters. The second-order valence-electron chi connectivity index (χ2n) is 5.72. The van der Waals surface area contributed by atoms with E-state index in [9.17, 15) is 4.79 Å². The van der Waals surface area contributed by atoms with Gasteiger partial charge in [0.25, 0.3) is 0 Å². The zero-order valence-electron chi connectivity index (χ0n) is 9.92. The second-order valence-corrected chi connectivity index (χ2v) is 5.72. The maximum atomic E-state index is 10.5. The van der Waals surface area contributed by atoms with Crippen molar-refractivity contribution in [3.05, 3.63) is 0 Å². The Labute approximate surface area is 87.7 Å². The number of rotatable bonds is 3. The van der Waals surface area contributed by atoms with E-state index in [-0.39, 0.29) is 5.92 Å². The van der Waals surface area contributed by atoms with Crippen molar-refractivity contribution in [2.45, 2.75) is 34.1 Å². The zero-order valence-corrected chi connectivity index (χ0v) is 9.92. The molecule has 2 nitrogen and oxygen atoms in total. The van der Waals surface area contributed by atoms with Crippen LogP contribution in [0.15, 0.2) is 0 Å². The lowest BCUT2D eigenvalue weighted by Crippen LogP contribution is -2.29. The van der Waals surface area contributed by atoms with Crippen molar-refractivity contribution < 1.29 is 4.79 Å². The molecule has 1 saturated heterocycles. The second kappa shape index (κ2) is 4.43. The van der Waals surface area contributed by atoms with Gasteiger partial charge in [-0.2, -0.15) is 0 Å². The molecule has 0 bridgehead atoms. The van der Waals surface area contributed by atoms with Crippen molar-refractivity contribution in [1.82, 2.24) is 4.90 Å². The fraction of sp³-hybridized carbons (Fsp3) is 0.917. The molecule has 0 spiro atoms. The standard InChI is InChI=1S/C12H23NO/c1-10(9-14)7-13-6-5-11(8-13)12(2,3)4/h9-11H,5-8H2,1-4H3. The Morgan fingerprint density at radius 1 is 1.50 bits per heavy atom. The highest BCUT2D eigenvalue weighted by Crippen LogP contribution is 2.33. The first kappa shape index (κ1) is 11.7. The zero-order chi connectivity index (χ0) is 10.8. The third kappa shape index (κ3) is 3.09. The number of hydrogen-bond acceptors (Lipinski definition) is 2. The van der Waals surface area contributed by atoms with Crippen LogP contribution in [0.5, 0.6) is 0 Å². The summed E-state index contributed by atoms with van der Waals surface area (Å²) in [6, 6.07) is 0. The van der Waals surface area contributed by atoms with Gasteiger partial charge < -0.3 is 9.69 Å². The predicted octanol–water partition coefficient (Wildman–Crippen LogP) is 2.19. The van der Waals surface area contributed by atoms with Crippen LogP contribution in [0.2, 0.25) is 0 Å². The van der Waals surface area contributed by atoms with Gasteiger partial charge in [-0.25, -0.2) is 0 Å². The largest absolute Gasteiger partial charge is 0.303 e. The molecule has 0 radical (unpaired) electrons. The van der Waals surface area contributed by atoms with Crippen LogP contribution >= 0.6 is 0 Å². The van der Waals surface area contributed by atoms with Crippen LogP contribution in [0.25, 0.3) is 0 Å². The van der Waals surface area contributed by atoms with Crippen LogP contribution in [0.4, 0.5) is 0 Å². The highest BCUT2D eigenvalue weighted by atomic mass is 16.1. The average Bonchev–Trinajstić information content (AvgIpc) is 2.51. The summed E-state index contributed by atoms with van der Waals surface area (Å²) >= 11 is 0. The Hall–Kier alpha value is -0.370. The average molecular weight is 197 g/mol. The lowest BCUT2D eigenvalue weighted by atomic mass is 9.80. The molecule has 82 valence electrons. The first-order valence-corrected chi connectivity index (χ1v) is 5.61. The molecule has 0 N–H and O–H groups in total. The summed E-state index contributed by atoms with van der Waals surface area (Å²) in [6.45, 7) is 12.2. The van der Waals surface area contributed by atoms with E-state index in [0.717, 1.165) is 18.7 Å². The van der Waals surface area contributed by atoms with E-state index in [4.69, 9.17) is 0 Å². The van der Waals surface area contributed by atoms with Gasteiger partial charge >= 0.3 is 0 Å². The number of carbonyl (C=O) groups is 1. The van der Waals surface area contributed by atoms with Gasteiger partial charge in [0.2, 0.25) is 0 Å². The molecule has 0 aromatic heterocycles. The van der Waals surface area contributed by atoms with Gasteiger partial charge in [0.1, 0.15) is 6.29 Å². The van der Waals surface area contributed by atoms with Crippen molar-refractivity contribution in [1.29, 1.82) is 0 Å². The molecule has 2 atom stereocenters. The summed E-state index contributed by atoms with van der Waals surface area (Å²) in [5.41, 5.74) is 0.416. The van der Waals surface area contributed by atoms with Gasteiger partial charge in [0.05, 0.1) is 0 Å². The molecule has 0 aromatic carbocycles. The molecule has 2 heteroatoms. The quantitative estimate of drug-likeness (QED) is 0.646. The SMILES string of the molecule is CC(C=O)CN1CCC(C(C)(C)C)C1. The fourth-order valence-corrected chi connectivity index (χ4v) is 2.16. The summed E-state index contributed by atoms with van der Waals surface area (Å²) in [4.78, 5) is 13.0. The topological polar surface area (TPSA) is 20.3 Å². The third-order valence-corrected chi connectivity index (χ3v) is 3.28. The monoisotopic (exact) mass is 197 g/mol. The normalized spacial score (nSPS) is 26.4. The van der Waals surface area contributed by atoms with Gasteiger partial charge in [-0.15, -0.1) is 0 Å². The van der Waals surface area contributed by atoms with Gasteiger partial charge in [0.15, 0.2) is 0 Å². The summed E-state index contributed by atoms with van der Waals surface area (Å²) < 4.78 is 0. The molecule has 0 saturated carbocycles. The summed E-state index contributed by atoms with van der Waals surface area (Å²) in [5.74, 6) is 0.982. The van der Waals surface area contributed by atoms with Crippen molar-refractivity contribution in [2.75, 3.05) is 19.6 Å². The van der Waals surface area contributed by atoms with E-state index in [2.05, 4.69) is 25.7 Å². The Balaban J connectivity index is 2.38. The van der Waals surface area contributed by atoms with E-state index in [1.165, 1.54) is 19.5 Å². The molecule has 0 aliphatic carbocycles. The Kier molecular flexibility index (Phi) is 3.71. The van der Waals surface area contributed by atoms with Crippen LogP contribution in [0.3, 0.4) is 0 Å². The first-order valence-electron chi connectivity index (χ1n) is 5.61. The van der Waals surface area contributed by atoms with Crippen molar-refractivity contribution >= 4 is 6.29 Å². The van der Waals surface area contributed by atoms with Crippen LogP contribution in [-0.2, 0) is 4.79 Å². The minimum atomic E-state index is 0.189. The Bertz CT molecular complexity index is 195. The van der Waals surface area contributed by atoms with E-state index in [1.54, 1.807) is 0 Å². The van der Waals surface area contributed by atoms with E-state index >= 15 is 0 Å². The van der Waals surface area contributed by atoms with E-state index in [0.29, 0.717) is 5.41 Å². The maximum absolute atomic E-state index is 10.5. The fourth-order valence-electron chi connectivity index (χ4n) is 2.16. The Morgan fingerprint density at radius 3 is 2.57 bits per heavy atom. The van der Waals surface area contributed by atoms with Gasteiger partial charge in [-0.1, -0.05) is 27.7 Å². The minimum Gasteiger partial charge on any atom is -0.303 e. The number of aldehydes is 1. The van der Waals surface area contributed by atoms with Gasteiger partial charge in [-0.3, -0.25) is 0 Å². The molecule has 0 aromatic rings. The summed E-state index contributed by atoms with van der Waals surface area (Å²) in [6.07, 6.45) is 2.35. The molecule has 1 fully saturated rings. The molecule has 1 aliphatic heterocycles. The lowest BCUT2D eigenvalue weighted by Gasteiger charge is -2.27. The number of nitrogens with zero attached hydrogens (tertiary/aromatic N) is 1. The van der Waals surface area contributed by atoms with E-state index < -0.39 is 0 Å². The number of likely N-dealkylation sites (tertiary alicyclic amines) is 1. The summed E-state index contributed by atoms with van der Waals surface area (Å²) in [7, 11) is 0. The summed E-state index contributed by atoms with van der Waals surface area (Å²) in [5, 5.41) is 0. The van der Waals surface area contributed by atoms with Crippen LogP contribution in [-0.4, -0.2) is 30.8 Å². The maximum Gasteiger partial charge on any atom is 0.124 e. The van der Waals surface area contributed by atoms with Crippen LogP contribution in [0, 0.1) is 17.3 Å². The number of carbonyl (C=O) groups excluding carboxylic acids is 1. The van der Waals surface area contributed by atoms with E-state index in [1.807, 2.05) is 6.92 Å². The third-order valence-electron chi connectivity index (χ3n) is 3.28. The van der Waals surface area contributed by atoms with Crippen LogP contribution in [0.1, 0.15) is 34.1 Å². The van der Waals surface area contributed by atoms with Crippen molar-refractivity contribution in [3.63, 3.8) is 0 Å². The predicted molar refractivity (Wildman–Crippen MR) is 59.2 cm³/mol. The van der Waals surface area contributed by atoms with Gasteiger partial charge in [-0.05, 0) is 24.3 Å². The molecular formula is C12H23NO. The molecule has 14 heavy (non-hydrogen) atoms. The molecule has 1 heterocycles. The highest BCUT2D eigenvalue weighted by Gasteiger charge is 2.31. The molecular weight excluding hydrogens is 174 g/mol. The lowest BCUT2D eigenvalue weighted by molar-refractivity contribution is -0.111. The smallest absolute Gasteiger partial charge is 0.124 e. The Morgan fingerprint density at radius 2 is 2.14 bits per heavy atom. The molecule has 0 amide bonds. The minimum absolute atomic E-state index is 0.189. The van der Waals surface area contributed by atoms with Crippen molar-refractivity contribution in [3.8, 4) is 0 Å². The first-order chi connectivity index (χ1) is 6.43. The molecule has 1 aliphatic rings. The number of hydrogen-bond donors (Lipinski definition) is 0. The van der Waals surface area contributed by atoms with Gasteiger partial charge in [0, 0.05) is 19.0 Å². The molecule has 1 rings (SSSR count). The highest BCUT2D eigenvalue weighted by molar-refractivity contribution is 5.53. The van der Waals surface area contributed by atoms with Crippen LogP contribution < -0.4 is 0 Å². The van der Waals surface area contributed by atoms with Crippen molar-refractivity contribution in [2.24, 2.45) is 17.3 Å².